The van der Waals surface area contributed by atoms with Crippen LogP contribution in [-0.2, 0) is 10.9 Å². The van der Waals surface area contributed by atoms with Crippen molar-refractivity contribution in [3.8, 4) is 0 Å². The van der Waals surface area contributed by atoms with Crippen LogP contribution < -0.4 is 0 Å². The first-order chi connectivity index (χ1) is 18.4. The molecular formula is C33H25Cl2OS2+. The Bertz CT molecular complexity index is 1490. The van der Waals surface area contributed by atoms with Gasteiger partial charge in [-0.1, -0.05) is 65.3 Å². The standard InChI is InChI=1S/C33H25Cl2OS2/c1-22-20-25(32(36)24-6-4-3-5-7-24)21-23(2)33(22)37-28-12-18-31(19-13-28)38(29-14-8-26(34)9-15-29)30-16-10-27(35)11-17-30/h3-21H,1-2H3/q+1. The quantitative estimate of drug-likeness (QED) is 0.143. The maximum atomic E-state index is 13.0. The van der Waals surface area contributed by atoms with E-state index < -0.39 is 0 Å². The Morgan fingerprint density at radius 3 is 1.53 bits per heavy atom. The molecule has 0 amide bonds. The minimum atomic E-state index is -0.285. The van der Waals surface area contributed by atoms with Gasteiger partial charge in [-0.15, -0.1) is 0 Å². The third kappa shape index (κ3) is 6.03. The predicted molar refractivity (Wildman–Crippen MR) is 161 cm³/mol. The normalized spacial score (nSPS) is 11.1. The maximum Gasteiger partial charge on any atom is 0.193 e. The largest absolute Gasteiger partial charge is 0.289 e. The van der Waals surface area contributed by atoms with Crippen LogP contribution >= 0.6 is 35.0 Å². The summed E-state index contributed by atoms with van der Waals surface area (Å²) in [5.41, 5.74) is 3.63. The third-order valence-corrected chi connectivity index (χ3v) is 10.2. The second kappa shape index (κ2) is 11.8. The first kappa shape index (κ1) is 26.6. The minimum absolute atomic E-state index is 0.0501. The van der Waals surface area contributed by atoms with Gasteiger partial charge in [-0.2, -0.15) is 0 Å². The van der Waals surface area contributed by atoms with Gasteiger partial charge < -0.3 is 0 Å². The van der Waals surface area contributed by atoms with Gasteiger partial charge in [-0.05, 0) is 110 Å². The smallest absolute Gasteiger partial charge is 0.193 e. The molecule has 0 atom stereocenters. The second-order valence-corrected chi connectivity index (χ2v) is 12.9. The van der Waals surface area contributed by atoms with E-state index in [1.807, 2.05) is 66.7 Å². The molecule has 38 heavy (non-hydrogen) atoms. The first-order valence-corrected chi connectivity index (χ1v) is 14.9. The summed E-state index contributed by atoms with van der Waals surface area (Å²) in [6.45, 7) is 4.15. The van der Waals surface area contributed by atoms with Crippen LogP contribution in [0, 0.1) is 13.8 Å². The Balaban J connectivity index is 1.42. The molecule has 0 N–H and O–H groups in total. The predicted octanol–water partition coefficient (Wildman–Crippen LogP) is 10.1. The zero-order chi connectivity index (χ0) is 26.6. The summed E-state index contributed by atoms with van der Waals surface area (Å²) in [6.07, 6.45) is 0. The number of ketones is 1. The molecule has 0 spiro atoms. The van der Waals surface area contributed by atoms with E-state index in [1.54, 1.807) is 11.8 Å². The molecule has 0 fully saturated rings. The second-order valence-electron chi connectivity index (χ2n) is 8.92. The van der Waals surface area contributed by atoms with Crippen LogP contribution in [0.2, 0.25) is 10.0 Å². The summed E-state index contributed by atoms with van der Waals surface area (Å²) in [6, 6.07) is 38.3. The van der Waals surface area contributed by atoms with E-state index in [1.165, 1.54) is 19.6 Å². The Kier molecular flexibility index (Phi) is 8.30. The van der Waals surface area contributed by atoms with Crippen molar-refractivity contribution in [2.24, 2.45) is 0 Å². The van der Waals surface area contributed by atoms with Crippen molar-refractivity contribution in [3.63, 3.8) is 0 Å². The Hall–Kier alpha value is -2.95. The molecular weight excluding hydrogens is 547 g/mol. The van der Waals surface area contributed by atoms with Crippen molar-refractivity contribution in [2.45, 2.75) is 38.3 Å². The SMILES string of the molecule is Cc1cc(C(=O)c2ccccc2)cc(C)c1Sc1ccc([S+](c2ccc(Cl)cc2)c2ccc(Cl)cc2)cc1. The molecule has 0 aliphatic carbocycles. The van der Waals surface area contributed by atoms with Crippen molar-refractivity contribution in [2.75, 3.05) is 0 Å². The van der Waals surface area contributed by atoms with Gasteiger partial charge in [0.25, 0.3) is 0 Å². The topological polar surface area (TPSA) is 17.1 Å². The van der Waals surface area contributed by atoms with Crippen LogP contribution in [0.25, 0.3) is 0 Å². The van der Waals surface area contributed by atoms with E-state index in [9.17, 15) is 4.79 Å². The Morgan fingerprint density at radius 1 is 0.605 bits per heavy atom. The molecule has 188 valence electrons. The van der Waals surface area contributed by atoms with Crippen LogP contribution in [0.1, 0.15) is 27.0 Å². The number of hydrogen-bond donors (Lipinski definition) is 0. The fraction of sp³-hybridized carbons (Fsp3) is 0.0606. The molecule has 0 saturated heterocycles. The highest BCUT2D eigenvalue weighted by molar-refractivity contribution is 7.99. The molecule has 5 heteroatoms. The Morgan fingerprint density at radius 2 is 1.05 bits per heavy atom. The summed E-state index contributed by atoms with van der Waals surface area (Å²) in [4.78, 5) is 18.9. The number of halogens is 2. The van der Waals surface area contributed by atoms with Crippen LogP contribution in [0.5, 0.6) is 0 Å². The fourth-order valence-corrected chi connectivity index (χ4v) is 7.55. The summed E-state index contributed by atoms with van der Waals surface area (Å²) < 4.78 is 0. The van der Waals surface area contributed by atoms with Crippen LogP contribution in [-0.4, -0.2) is 5.78 Å². The summed E-state index contributed by atoms with van der Waals surface area (Å²) in [5, 5.41) is 1.45. The van der Waals surface area contributed by atoms with E-state index >= 15 is 0 Å². The van der Waals surface area contributed by atoms with Gasteiger partial charge in [0, 0.05) is 31.0 Å². The van der Waals surface area contributed by atoms with Gasteiger partial charge in [-0.3, -0.25) is 4.79 Å². The number of carbonyl (C=O) groups is 1. The molecule has 0 saturated carbocycles. The average molecular weight is 573 g/mol. The molecule has 0 aromatic heterocycles. The molecule has 5 aromatic rings. The number of hydrogen-bond acceptors (Lipinski definition) is 2. The van der Waals surface area contributed by atoms with Crippen molar-refractivity contribution in [3.05, 3.63) is 148 Å². The number of aryl methyl sites for hydroxylation is 2. The van der Waals surface area contributed by atoms with Gasteiger partial charge in [0.2, 0.25) is 0 Å². The van der Waals surface area contributed by atoms with E-state index in [2.05, 4.69) is 62.4 Å². The molecule has 0 heterocycles. The number of benzene rings is 5. The zero-order valence-electron chi connectivity index (χ0n) is 21.0. The molecule has 5 aromatic carbocycles. The first-order valence-electron chi connectivity index (χ1n) is 12.1. The van der Waals surface area contributed by atoms with E-state index in [0.29, 0.717) is 5.56 Å². The molecule has 5 rings (SSSR count). The monoisotopic (exact) mass is 571 g/mol. The van der Waals surface area contributed by atoms with Crippen LogP contribution in [0.15, 0.2) is 140 Å². The lowest BCUT2D eigenvalue weighted by molar-refractivity contribution is 0.103. The van der Waals surface area contributed by atoms with Crippen molar-refractivity contribution in [1.29, 1.82) is 0 Å². The maximum absolute atomic E-state index is 13.0. The van der Waals surface area contributed by atoms with Crippen molar-refractivity contribution >= 4 is 51.6 Å². The lowest BCUT2D eigenvalue weighted by Crippen LogP contribution is -2.04. The zero-order valence-corrected chi connectivity index (χ0v) is 24.1. The number of carbonyl (C=O) groups excluding carboxylic acids is 1. The number of rotatable bonds is 7. The van der Waals surface area contributed by atoms with Gasteiger partial charge in [0.05, 0.1) is 10.9 Å². The minimum Gasteiger partial charge on any atom is -0.289 e. The van der Waals surface area contributed by atoms with E-state index in [4.69, 9.17) is 23.2 Å². The lowest BCUT2D eigenvalue weighted by Gasteiger charge is -2.13. The summed E-state index contributed by atoms with van der Waals surface area (Å²) in [5.74, 6) is 0.0501. The van der Waals surface area contributed by atoms with Crippen molar-refractivity contribution < 1.29 is 4.79 Å². The molecule has 0 aliphatic heterocycles. The summed E-state index contributed by atoms with van der Waals surface area (Å²) >= 11 is 14.1. The van der Waals surface area contributed by atoms with Gasteiger partial charge >= 0.3 is 0 Å². The average Bonchev–Trinajstić information content (AvgIpc) is 2.93. The van der Waals surface area contributed by atoms with E-state index in [0.717, 1.165) is 31.6 Å². The molecule has 0 aliphatic rings. The third-order valence-electron chi connectivity index (χ3n) is 6.14. The van der Waals surface area contributed by atoms with E-state index in [-0.39, 0.29) is 16.7 Å². The molecule has 1 nitrogen and oxygen atoms in total. The fourth-order valence-electron chi connectivity index (χ4n) is 4.31. The van der Waals surface area contributed by atoms with Crippen molar-refractivity contribution in [1.82, 2.24) is 0 Å². The molecule has 0 unspecified atom stereocenters. The van der Waals surface area contributed by atoms with Gasteiger partial charge in [-0.25, -0.2) is 0 Å². The van der Waals surface area contributed by atoms with Crippen LogP contribution in [0.4, 0.5) is 0 Å². The van der Waals surface area contributed by atoms with Gasteiger partial charge in [0.1, 0.15) is 0 Å². The molecule has 0 radical (unpaired) electrons. The van der Waals surface area contributed by atoms with Crippen LogP contribution in [0.3, 0.4) is 0 Å². The van der Waals surface area contributed by atoms with Gasteiger partial charge in [0.15, 0.2) is 20.5 Å². The summed E-state index contributed by atoms with van der Waals surface area (Å²) in [7, 11) is -0.285. The molecule has 0 bridgehead atoms. The Labute approximate surface area is 241 Å². The highest BCUT2D eigenvalue weighted by Crippen LogP contribution is 2.37. The highest BCUT2D eigenvalue weighted by atomic mass is 35.5. The lowest BCUT2D eigenvalue weighted by atomic mass is 9.99. The highest BCUT2D eigenvalue weighted by Gasteiger charge is 2.28.